The Balaban J connectivity index is 2.41. The van der Waals surface area contributed by atoms with Crippen LogP contribution in [-0.4, -0.2) is 24.4 Å². The molecule has 0 fully saturated rings. The van der Waals surface area contributed by atoms with Crippen molar-refractivity contribution in [1.82, 2.24) is 0 Å². The van der Waals surface area contributed by atoms with Crippen LogP contribution in [0.4, 0.5) is 0 Å². The molecule has 0 unspecified atom stereocenters. The molecule has 4 heteroatoms. The Hall–Kier alpha value is -0.580. The summed E-state index contributed by atoms with van der Waals surface area (Å²) in [5.41, 5.74) is 3.57. The van der Waals surface area contributed by atoms with Crippen molar-refractivity contribution < 1.29 is 15.6 Å². The molecule has 0 saturated carbocycles. The molecular formula is C9H13BrNO2+. The highest BCUT2D eigenvalue weighted by molar-refractivity contribution is 9.10. The fourth-order valence-corrected chi connectivity index (χ4v) is 1.07. The fraction of sp³-hybridized carbons (Fsp3) is 0.333. The Morgan fingerprint density at radius 3 is 2.54 bits per heavy atom. The Bertz CT molecular complexity index is 250. The molecule has 13 heavy (non-hydrogen) atoms. The zero-order valence-electron chi connectivity index (χ0n) is 7.24. The third-order valence-electron chi connectivity index (χ3n) is 1.59. The van der Waals surface area contributed by atoms with E-state index in [2.05, 4.69) is 21.7 Å². The standard InChI is InChI=1S/C9H12BrNO2/c10-7-1-3-9(4-2-7)13-6-8(12)5-11/h1-4,8,12H,5-6,11H2/p+1/t8-/m0/s1. The second-order valence-corrected chi connectivity index (χ2v) is 3.62. The van der Waals surface area contributed by atoms with Crippen LogP contribution < -0.4 is 10.5 Å². The molecule has 1 rings (SSSR count). The summed E-state index contributed by atoms with van der Waals surface area (Å²) in [4.78, 5) is 0. The second-order valence-electron chi connectivity index (χ2n) is 2.71. The maximum absolute atomic E-state index is 9.18. The summed E-state index contributed by atoms with van der Waals surface area (Å²) in [6, 6.07) is 7.48. The Morgan fingerprint density at radius 1 is 1.38 bits per heavy atom. The van der Waals surface area contributed by atoms with Crippen molar-refractivity contribution in [2.45, 2.75) is 6.10 Å². The Morgan fingerprint density at radius 2 is 2.00 bits per heavy atom. The molecular weight excluding hydrogens is 234 g/mol. The molecule has 1 aromatic carbocycles. The zero-order valence-corrected chi connectivity index (χ0v) is 8.83. The van der Waals surface area contributed by atoms with E-state index in [-0.39, 0.29) is 0 Å². The summed E-state index contributed by atoms with van der Waals surface area (Å²) in [6.07, 6.45) is -0.483. The molecule has 0 spiro atoms. The van der Waals surface area contributed by atoms with Crippen LogP contribution in [0.15, 0.2) is 28.7 Å². The number of ether oxygens (including phenoxy) is 1. The van der Waals surface area contributed by atoms with Crippen LogP contribution in [-0.2, 0) is 0 Å². The van der Waals surface area contributed by atoms with E-state index in [1.807, 2.05) is 24.3 Å². The SMILES string of the molecule is [NH3+]C[C@H](O)COc1ccc(Br)cc1. The number of aliphatic hydroxyl groups excluding tert-OH is 1. The minimum Gasteiger partial charge on any atom is -0.491 e. The van der Waals surface area contributed by atoms with Crippen molar-refractivity contribution in [2.75, 3.05) is 13.2 Å². The summed E-state index contributed by atoms with van der Waals surface area (Å²) in [5.74, 6) is 0.760. The molecule has 72 valence electrons. The molecule has 0 aromatic heterocycles. The molecule has 0 radical (unpaired) electrons. The molecule has 1 aromatic rings. The van der Waals surface area contributed by atoms with Crippen molar-refractivity contribution in [3.63, 3.8) is 0 Å². The lowest BCUT2D eigenvalue weighted by Crippen LogP contribution is -2.56. The molecule has 0 saturated heterocycles. The Labute approximate surface area is 85.6 Å². The van der Waals surface area contributed by atoms with Gasteiger partial charge in [-0.2, -0.15) is 0 Å². The van der Waals surface area contributed by atoms with Gasteiger partial charge < -0.3 is 15.6 Å². The minimum absolute atomic E-state index is 0.297. The molecule has 0 aliphatic carbocycles. The van der Waals surface area contributed by atoms with E-state index in [4.69, 9.17) is 4.74 Å². The van der Waals surface area contributed by atoms with Crippen LogP contribution in [0.5, 0.6) is 5.75 Å². The minimum atomic E-state index is -0.483. The predicted molar refractivity (Wildman–Crippen MR) is 53.4 cm³/mol. The summed E-state index contributed by atoms with van der Waals surface area (Å²) in [5, 5.41) is 9.18. The van der Waals surface area contributed by atoms with Crippen LogP contribution in [0.3, 0.4) is 0 Å². The van der Waals surface area contributed by atoms with Gasteiger partial charge in [0.25, 0.3) is 0 Å². The van der Waals surface area contributed by atoms with E-state index in [0.29, 0.717) is 13.2 Å². The summed E-state index contributed by atoms with van der Waals surface area (Å²) in [7, 11) is 0. The molecule has 0 amide bonds. The number of rotatable bonds is 4. The molecule has 1 atom stereocenters. The molecule has 3 nitrogen and oxygen atoms in total. The molecule has 0 aliphatic rings. The van der Waals surface area contributed by atoms with E-state index in [0.717, 1.165) is 10.2 Å². The Kier molecular flexibility index (Phi) is 4.21. The van der Waals surface area contributed by atoms with Crippen LogP contribution in [0.1, 0.15) is 0 Å². The van der Waals surface area contributed by atoms with Gasteiger partial charge in [0.1, 0.15) is 25.0 Å². The predicted octanol–water partition coefficient (Wildman–Crippen LogP) is 0.431. The fourth-order valence-electron chi connectivity index (χ4n) is 0.807. The summed E-state index contributed by atoms with van der Waals surface area (Å²) >= 11 is 3.32. The number of halogens is 1. The zero-order chi connectivity index (χ0) is 9.68. The highest BCUT2D eigenvalue weighted by atomic mass is 79.9. The lowest BCUT2D eigenvalue weighted by atomic mass is 10.3. The first-order valence-electron chi connectivity index (χ1n) is 4.08. The lowest BCUT2D eigenvalue weighted by Gasteiger charge is -2.08. The van der Waals surface area contributed by atoms with Gasteiger partial charge >= 0.3 is 0 Å². The largest absolute Gasteiger partial charge is 0.491 e. The number of quaternary nitrogens is 1. The second kappa shape index (κ2) is 5.21. The van der Waals surface area contributed by atoms with Crippen LogP contribution in [0.25, 0.3) is 0 Å². The lowest BCUT2D eigenvalue weighted by molar-refractivity contribution is -0.384. The molecule has 0 aliphatic heterocycles. The van der Waals surface area contributed by atoms with Crippen molar-refractivity contribution in [1.29, 1.82) is 0 Å². The van der Waals surface area contributed by atoms with Gasteiger partial charge in [-0.05, 0) is 24.3 Å². The molecule has 0 heterocycles. The molecule has 4 N–H and O–H groups in total. The monoisotopic (exact) mass is 246 g/mol. The molecule has 0 bridgehead atoms. The van der Waals surface area contributed by atoms with Gasteiger partial charge in [0.15, 0.2) is 0 Å². The number of hydrogen-bond donors (Lipinski definition) is 2. The summed E-state index contributed by atoms with van der Waals surface area (Å²) < 4.78 is 6.31. The van der Waals surface area contributed by atoms with Crippen LogP contribution >= 0.6 is 15.9 Å². The first-order chi connectivity index (χ1) is 6.22. The van der Waals surface area contributed by atoms with Crippen molar-refractivity contribution in [2.24, 2.45) is 0 Å². The number of benzene rings is 1. The van der Waals surface area contributed by atoms with Crippen molar-refractivity contribution >= 4 is 15.9 Å². The van der Waals surface area contributed by atoms with Gasteiger partial charge in [-0.15, -0.1) is 0 Å². The first-order valence-corrected chi connectivity index (χ1v) is 4.87. The maximum atomic E-state index is 9.18. The maximum Gasteiger partial charge on any atom is 0.136 e. The quantitative estimate of drug-likeness (QED) is 0.810. The number of hydrogen-bond acceptors (Lipinski definition) is 2. The van der Waals surface area contributed by atoms with E-state index >= 15 is 0 Å². The van der Waals surface area contributed by atoms with Crippen molar-refractivity contribution in [3.05, 3.63) is 28.7 Å². The third kappa shape index (κ3) is 3.76. The van der Waals surface area contributed by atoms with Gasteiger partial charge in [0.05, 0.1) is 0 Å². The van der Waals surface area contributed by atoms with E-state index in [1.165, 1.54) is 0 Å². The first kappa shape index (κ1) is 10.5. The van der Waals surface area contributed by atoms with Gasteiger partial charge in [0, 0.05) is 4.47 Å². The topological polar surface area (TPSA) is 57.1 Å². The van der Waals surface area contributed by atoms with Gasteiger partial charge in [-0.3, -0.25) is 0 Å². The van der Waals surface area contributed by atoms with Gasteiger partial charge in [0.2, 0.25) is 0 Å². The normalized spacial score (nSPS) is 12.5. The van der Waals surface area contributed by atoms with Crippen LogP contribution in [0.2, 0.25) is 0 Å². The van der Waals surface area contributed by atoms with E-state index in [9.17, 15) is 5.11 Å². The average Bonchev–Trinajstić information content (AvgIpc) is 2.16. The summed E-state index contributed by atoms with van der Waals surface area (Å²) in [6.45, 7) is 0.766. The van der Waals surface area contributed by atoms with E-state index in [1.54, 1.807) is 0 Å². The van der Waals surface area contributed by atoms with E-state index < -0.39 is 6.10 Å². The van der Waals surface area contributed by atoms with Crippen LogP contribution in [0, 0.1) is 0 Å². The van der Waals surface area contributed by atoms with Gasteiger partial charge in [-0.25, -0.2) is 0 Å². The average molecular weight is 247 g/mol. The third-order valence-corrected chi connectivity index (χ3v) is 2.12. The van der Waals surface area contributed by atoms with Crippen molar-refractivity contribution in [3.8, 4) is 5.75 Å². The van der Waals surface area contributed by atoms with Gasteiger partial charge in [-0.1, -0.05) is 15.9 Å². The number of aliphatic hydroxyl groups is 1. The smallest absolute Gasteiger partial charge is 0.136 e. The highest BCUT2D eigenvalue weighted by Gasteiger charge is 2.03. The highest BCUT2D eigenvalue weighted by Crippen LogP contribution is 2.15.